The van der Waals surface area contributed by atoms with Gasteiger partial charge in [-0.15, -0.1) is 16.4 Å². The number of tetrazole rings is 1. The molecule has 0 aliphatic carbocycles. The van der Waals surface area contributed by atoms with Crippen LogP contribution in [0.3, 0.4) is 0 Å². The van der Waals surface area contributed by atoms with Gasteiger partial charge < -0.3 is 0 Å². The number of para-hydroxylation sites is 1. The van der Waals surface area contributed by atoms with E-state index in [1.807, 2.05) is 30.3 Å². The van der Waals surface area contributed by atoms with Crippen molar-refractivity contribution in [3.05, 3.63) is 93.9 Å². The van der Waals surface area contributed by atoms with Crippen LogP contribution in [-0.4, -0.2) is 20.2 Å². The lowest BCUT2D eigenvalue weighted by molar-refractivity contribution is 0.582. The lowest BCUT2D eigenvalue weighted by Crippen LogP contribution is -2.23. The first kappa shape index (κ1) is 16.6. The van der Waals surface area contributed by atoms with Crippen LogP contribution in [0.25, 0.3) is 5.69 Å². The quantitative estimate of drug-likeness (QED) is 0.566. The van der Waals surface area contributed by atoms with Crippen LogP contribution >= 0.6 is 11.3 Å². The summed E-state index contributed by atoms with van der Waals surface area (Å²) in [6.07, 6.45) is 0. The van der Waals surface area contributed by atoms with Crippen molar-refractivity contribution in [1.29, 1.82) is 0 Å². The van der Waals surface area contributed by atoms with Gasteiger partial charge in [-0.3, -0.25) is 5.32 Å². The number of thiophene rings is 1. The number of hydrogen-bond acceptors (Lipinski definition) is 5. The van der Waals surface area contributed by atoms with E-state index in [-0.39, 0.29) is 6.04 Å². The highest BCUT2D eigenvalue weighted by Gasteiger charge is 2.17. The molecule has 0 saturated heterocycles. The molecule has 0 bridgehead atoms. The summed E-state index contributed by atoms with van der Waals surface area (Å²) in [5.74, 6) is 0.782. The summed E-state index contributed by atoms with van der Waals surface area (Å²) in [7, 11) is 0. The van der Waals surface area contributed by atoms with Gasteiger partial charge in [-0.05, 0) is 46.5 Å². The predicted molar refractivity (Wildman–Crippen MR) is 103 cm³/mol. The molecule has 2 aromatic heterocycles. The standard InChI is InChI=1S/C20H19N5S/c1-15-9-11-16(12-10-15)20(18-8-5-13-26-18)21-14-19-22-23-24-25(19)17-6-3-2-4-7-17/h2-13,20-21H,14H2,1H3. The number of nitrogens with zero attached hydrogens (tertiary/aromatic N) is 4. The second kappa shape index (κ2) is 7.59. The van der Waals surface area contributed by atoms with Crippen molar-refractivity contribution in [3.63, 3.8) is 0 Å². The number of aromatic nitrogens is 4. The van der Waals surface area contributed by atoms with Crippen LogP contribution in [0.5, 0.6) is 0 Å². The first-order chi connectivity index (χ1) is 12.8. The normalized spacial score (nSPS) is 12.2. The minimum atomic E-state index is 0.108. The minimum Gasteiger partial charge on any atom is -0.298 e. The summed E-state index contributed by atoms with van der Waals surface area (Å²) in [5, 5.41) is 17.9. The molecule has 0 fully saturated rings. The Bertz CT molecular complexity index is 946. The van der Waals surface area contributed by atoms with Crippen LogP contribution in [0, 0.1) is 6.92 Å². The average molecular weight is 361 g/mol. The zero-order valence-corrected chi connectivity index (χ0v) is 15.2. The molecule has 0 radical (unpaired) electrons. The smallest absolute Gasteiger partial charge is 0.170 e. The van der Waals surface area contributed by atoms with Gasteiger partial charge in [-0.25, -0.2) is 0 Å². The number of rotatable bonds is 6. The summed E-state index contributed by atoms with van der Waals surface area (Å²) in [4.78, 5) is 1.27. The van der Waals surface area contributed by atoms with Crippen LogP contribution in [0.1, 0.15) is 27.9 Å². The molecule has 1 unspecified atom stereocenters. The van der Waals surface area contributed by atoms with Gasteiger partial charge in [0.25, 0.3) is 0 Å². The Morgan fingerprint density at radius 3 is 2.54 bits per heavy atom. The molecule has 4 aromatic rings. The molecule has 2 heterocycles. The summed E-state index contributed by atoms with van der Waals surface area (Å²) >= 11 is 1.75. The van der Waals surface area contributed by atoms with Crippen LogP contribution < -0.4 is 5.32 Å². The van der Waals surface area contributed by atoms with Gasteiger partial charge in [0.1, 0.15) is 0 Å². The molecule has 1 atom stereocenters. The van der Waals surface area contributed by atoms with Crippen LogP contribution in [-0.2, 0) is 6.54 Å². The number of hydrogen-bond donors (Lipinski definition) is 1. The summed E-state index contributed by atoms with van der Waals surface area (Å²) in [6, 6.07) is 22.9. The summed E-state index contributed by atoms with van der Waals surface area (Å²) in [5.41, 5.74) is 3.45. The molecule has 1 N–H and O–H groups in total. The second-order valence-electron chi connectivity index (χ2n) is 6.08. The van der Waals surface area contributed by atoms with Gasteiger partial charge >= 0.3 is 0 Å². The topological polar surface area (TPSA) is 55.6 Å². The molecule has 4 rings (SSSR count). The monoisotopic (exact) mass is 361 g/mol. The first-order valence-electron chi connectivity index (χ1n) is 8.47. The third kappa shape index (κ3) is 3.56. The second-order valence-corrected chi connectivity index (χ2v) is 7.06. The Morgan fingerprint density at radius 1 is 1.00 bits per heavy atom. The molecular weight excluding hydrogens is 342 g/mol. The van der Waals surface area contributed by atoms with E-state index in [1.165, 1.54) is 16.0 Å². The molecule has 5 nitrogen and oxygen atoms in total. The van der Waals surface area contributed by atoms with Gasteiger partial charge in [0.15, 0.2) is 5.82 Å². The van der Waals surface area contributed by atoms with Crippen molar-refractivity contribution in [2.75, 3.05) is 0 Å². The number of aryl methyl sites for hydroxylation is 1. The van der Waals surface area contributed by atoms with E-state index in [1.54, 1.807) is 16.0 Å². The molecule has 26 heavy (non-hydrogen) atoms. The Hall–Kier alpha value is -2.83. The third-order valence-corrected chi connectivity index (χ3v) is 5.17. The van der Waals surface area contributed by atoms with Crippen molar-refractivity contribution in [1.82, 2.24) is 25.5 Å². The highest BCUT2D eigenvalue weighted by molar-refractivity contribution is 7.10. The fourth-order valence-electron chi connectivity index (χ4n) is 2.88. The maximum absolute atomic E-state index is 4.20. The van der Waals surface area contributed by atoms with E-state index < -0.39 is 0 Å². The summed E-state index contributed by atoms with van der Waals surface area (Å²) in [6.45, 7) is 2.67. The molecule has 0 aliphatic rings. The highest BCUT2D eigenvalue weighted by Crippen LogP contribution is 2.26. The Kier molecular flexibility index (Phi) is 4.86. The van der Waals surface area contributed by atoms with E-state index in [4.69, 9.17) is 0 Å². The van der Waals surface area contributed by atoms with Crippen LogP contribution in [0.15, 0.2) is 72.1 Å². The lowest BCUT2D eigenvalue weighted by atomic mass is 10.0. The van der Waals surface area contributed by atoms with E-state index >= 15 is 0 Å². The van der Waals surface area contributed by atoms with Gasteiger partial charge in [0.2, 0.25) is 0 Å². The third-order valence-electron chi connectivity index (χ3n) is 4.24. The first-order valence-corrected chi connectivity index (χ1v) is 9.35. The Balaban J connectivity index is 1.58. The van der Waals surface area contributed by atoms with Crippen molar-refractivity contribution in [2.24, 2.45) is 0 Å². The Morgan fingerprint density at radius 2 is 1.81 bits per heavy atom. The van der Waals surface area contributed by atoms with Gasteiger partial charge in [0.05, 0.1) is 18.3 Å². The molecule has 6 heteroatoms. The summed E-state index contributed by atoms with van der Waals surface area (Å²) < 4.78 is 1.77. The van der Waals surface area contributed by atoms with Crippen molar-refractivity contribution in [3.8, 4) is 5.69 Å². The lowest BCUT2D eigenvalue weighted by Gasteiger charge is -2.18. The van der Waals surface area contributed by atoms with Gasteiger partial charge in [-0.1, -0.05) is 54.1 Å². The number of nitrogens with one attached hydrogen (secondary N) is 1. The van der Waals surface area contributed by atoms with E-state index in [0.717, 1.165) is 11.5 Å². The van der Waals surface area contributed by atoms with E-state index in [9.17, 15) is 0 Å². The van der Waals surface area contributed by atoms with Crippen molar-refractivity contribution < 1.29 is 0 Å². The maximum Gasteiger partial charge on any atom is 0.170 e. The van der Waals surface area contributed by atoms with Crippen LogP contribution in [0.2, 0.25) is 0 Å². The Labute approximate surface area is 156 Å². The molecule has 0 saturated carbocycles. The van der Waals surface area contributed by atoms with Gasteiger partial charge in [-0.2, -0.15) is 4.68 Å². The molecule has 0 amide bonds. The van der Waals surface area contributed by atoms with E-state index in [2.05, 4.69) is 69.5 Å². The molecular formula is C20H19N5S. The predicted octanol–water partition coefficient (Wildman–Crippen LogP) is 3.91. The van der Waals surface area contributed by atoms with Crippen LogP contribution in [0.4, 0.5) is 0 Å². The van der Waals surface area contributed by atoms with Crippen molar-refractivity contribution >= 4 is 11.3 Å². The van der Waals surface area contributed by atoms with E-state index in [0.29, 0.717) is 6.54 Å². The zero-order chi connectivity index (χ0) is 17.8. The zero-order valence-electron chi connectivity index (χ0n) is 14.4. The minimum absolute atomic E-state index is 0.108. The van der Waals surface area contributed by atoms with Crippen molar-refractivity contribution in [2.45, 2.75) is 19.5 Å². The molecule has 2 aromatic carbocycles. The largest absolute Gasteiger partial charge is 0.298 e. The number of benzene rings is 2. The fourth-order valence-corrected chi connectivity index (χ4v) is 3.70. The average Bonchev–Trinajstić information content (AvgIpc) is 3.36. The molecule has 0 aliphatic heterocycles. The molecule has 130 valence electrons. The van der Waals surface area contributed by atoms with Gasteiger partial charge in [0, 0.05) is 4.88 Å². The SMILES string of the molecule is Cc1ccc(C(NCc2nnnn2-c2ccccc2)c2cccs2)cc1. The highest BCUT2D eigenvalue weighted by atomic mass is 32.1. The maximum atomic E-state index is 4.20. The fraction of sp³-hybridized carbons (Fsp3) is 0.150. The molecule has 0 spiro atoms.